The number of anilines is 1. The van der Waals surface area contributed by atoms with E-state index in [1.165, 1.54) is 12.1 Å². The summed E-state index contributed by atoms with van der Waals surface area (Å²) in [6.07, 6.45) is 1.82. The van der Waals surface area contributed by atoms with Crippen molar-refractivity contribution in [3.63, 3.8) is 0 Å². The summed E-state index contributed by atoms with van der Waals surface area (Å²) in [6.45, 7) is 5.27. The van der Waals surface area contributed by atoms with Crippen molar-refractivity contribution in [2.45, 2.75) is 13.0 Å². The first-order chi connectivity index (χ1) is 12.6. The minimum atomic E-state index is -0.217. The maximum Gasteiger partial charge on any atom is 0.181 e. The van der Waals surface area contributed by atoms with Crippen molar-refractivity contribution >= 4 is 22.4 Å². The highest BCUT2D eigenvalue weighted by atomic mass is 19.1. The summed E-state index contributed by atoms with van der Waals surface area (Å²) in [5, 5.41) is 0.981. The van der Waals surface area contributed by atoms with Crippen LogP contribution in [0, 0.1) is 5.82 Å². The fourth-order valence-electron chi connectivity index (χ4n) is 3.69. The Bertz CT molecular complexity index is 910. The molecule has 26 heavy (non-hydrogen) atoms. The van der Waals surface area contributed by atoms with Crippen LogP contribution in [-0.4, -0.2) is 47.9 Å². The zero-order valence-corrected chi connectivity index (χ0v) is 14.8. The predicted octanol–water partition coefficient (Wildman–Crippen LogP) is 3.70. The Balaban J connectivity index is 1.44. The lowest BCUT2D eigenvalue weighted by Gasteiger charge is -2.38. The van der Waals surface area contributed by atoms with Crippen molar-refractivity contribution in [1.82, 2.24) is 9.88 Å². The molecule has 3 aromatic rings. The summed E-state index contributed by atoms with van der Waals surface area (Å²) in [5.41, 5.74) is 2.78. The minimum Gasteiger partial charge on any atom is -0.369 e. The van der Waals surface area contributed by atoms with Gasteiger partial charge < -0.3 is 9.88 Å². The van der Waals surface area contributed by atoms with Gasteiger partial charge >= 0.3 is 0 Å². The number of benzene rings is 2. The van der Waals surface area contributed by atoms with Gasteiger partial charge in [-0.3, -0.25) is 9.69 Å². The third kappa shape index (κ3) is 3.10. The highest BCUT2D eigenvalue weighted by Gasteiger charge is 2.27. The molecule has 1 aromatic heterocycles. The van der Waals surface area contributed by atoms with Gasteiger partial charge in [0.15, 0.2) is 5.78 Å². The molecule has 1 saturated heterocycles. The van der Waals surface area contributed by atoms with Crippen LogP contribution in [0.5, 0.6) is 0 Å². The Morgan fingerprint density at radius 1 is 1.04 bits per heavy atom. The van der Waals surface area contributed by atoms with Crippen LogP contribution in [0.15, 0.2) is 54.7 Å². The van der Waals surface area contributed by atoms with Gasteiger partial charge in [-0.05, 0) is 37.3 Å². The Kier molecular flexibility index (Phi) is 4.47. The number of aromatic amines is 1. The maximum atomic E-state index is 13.1. The van der Waals surface area contributed by atoms with Gasteiger partial charge in [0.05, 0.1) is 6.04 Å². The molecule has 1 atom stereocenters. The summed E-state index contributed by atoms with van der Waals surface area (Å²) >= 11 is 0. The van der Waals surface area contributed by atoms with Gasteiger partial charge in [0.2, 0.25) is 0 Å². The first-order valence-corrected chi connectivity index (χ1v) is 8.98. The van der Waals surface area contributed by atoms with Crippen molar-refractivity contribution in [2.75, 3.05) is 31.1 Å². The van der Waals surface area contributed by atoms with Gasteiger partial charge in [-0.25, -0.2) is 4.39 Å². The molecule has 0 radical (unpaired) electrons. The van der Waals surface area contributed by atoms with E-state index in [1.807, 2.05) is 49.5 Å². The number of Topliss-reactive ketones (excluding diaryl/α,β-unsaturated/α-hetero) is 1. The van der Waals surface area contributed by atoms with E-state index in [-0.39, 0.29) is 17.6 Å². The molecule has 0 unspecified atom stereocenters. The summed E-state index contributed by atoms with van der Waals surface area (Å²) in [6, 6.07) is 14.3. The first-order valence-electron chi connectivity index (χ1n) is 8.98. The van der Waals surface area contributed by atoms with E-state index in [0.717, 1.165) is 48.3 Å². The van der Waals surface area contributed by atoms with Crippen molar-refractivity contribution in [2.24, 2.45) is 0 Å². The average molecular weight is 351 g/mol. The standard InChI is InChI=1S/C21H22FN3O/c1-15(21(26)19-14-23-20-5-3-2-4-18(19)20)24-10-12-25(13-11-24)17-8-6-16(22)7-9-17/h2-9,14-15,23H,10-13H2,1H3/t15-/m0/s1. The van der Waals surface area contributed by atoms with Crippen molar-refractivity contribution in [3.8, 4) is 0 Å². The number of nitrogens with zero attached hydrogens (tertiary/aromatic N) is 2. The van der Waals surface area contributed by atoms with E-state index in [0.29, 0.717) is 0 Å². The van der Waals surface area contributed by atoms with Crippen LogP contribution in [0.2, 0.25) is 0 Å². The number of halogens is 1. The number of ketones is 1. The van der Waals surface area contributed by atoms with E-state index < -0.39 is 0 Å². The Morgan fingerprint density at radius 2 is 1.73 bits per heavy atom. The molecule has 1 N–H and O–H groups in total. The predicted molar refractivity (Wildman–Crippen MR) is 102 cm³/mol. The number of carbonyl (C=O) groups is 1. The topological polar surface area (TPSA) is 39.3 Å². The molecule has 0 spiro atoms. The summed E-state index contributed by atoms with van der Waals surface area (Å²) in [7, 11) is 0. The van der Waals surface area contributed by atoms with Crippen LogP contribution in [0.3, 0.4) is 0 Å². The number of rotatable bonds is 4. The number of hydrogen-bond acceptors (Lipinski definition) is 3. The van der Waals surface area contributed by atoms with Gasteiger partial charge in [-0.15, -0.1) is 0 Å². The normalized spacial score (nSPS) is 16.8. The lowest BCUT2D eigenvalue weighted by atomic mass is 10.0. The lowest BCUT2D eigenvalue weighted by Crippen LogP contribution is -2.51. The Morgan fingerprint density at radius 3 is 2.46 bits per heavy atom. The first kappa shape index (κ1) is 16.8. The van der Waals surface area contributed by atoms with Crippen molar-refractivity contribution < 1.29 is 9.18 Å². The molecule has 0 saturated carbocycles. The van der Waals surface area contributed by atoms with Crippen molar-refractivity contribution in [1.29, 1.82) is 0 Å². The second-order valence-corrected chi connectivity index (χ2v) is 6.79. The zero-order valence-electron chi connectivity index (χ0n) is 14.8. The molecule has 1 aliphatic rings. The molecule has 4 rings (SSSR count). The SMILES string of the molecule is C[C@@H](C(=O)c1c[nH]c2ccccc12)N1CCN(c2ccc(F)cc2)CC1. The van der Waals surface area contributed by atoms with E-state index in [9.17, 15) is 9.18 Å². The number of carbonyl (C=O) groups excluding carboxylic acids is 1. The van der Waals surface area contributed by atoms with Crippen LogP contribution in [-0.2, 0) is 0 Å². The molecule has 4 nitrogen and oxygen atoms in total. The highest BCUT2D eigenvalue weighted by Crippen LogP contribution is 2.22. The largest absolute Gasteiger partial charge is 0.369 e. The maximum absolute atomic E-state index is 13.1. The van der Waals surface area contributed by atoms with Gasteiger partial charge in [-0.2, -0.15) is 0 Å². The molecular formula is C21H22FN3O. The molecule has 5 heteroatoms. The number of hydrogen-bond donors (Lipinski definition) is 1. The fourth-order valence-corrected chi connectivity index (χ4v) is 3.69. The highest BCUT2D eigenvalue weighted by molar-refractivity contribution is 6.10. The second kappa shape index (κ2) is 6.92. The second-order valence-electron chi connectivity index (χ2n) is 6.79. The third-order valence-corrected chi connectivity index (χ3v) is 5.29. The number of H-pyrrole nitrogens is 1. The molecule has 134 valence electrons. The summed E-state index contributed by atoms with van der Waals surface area (Å²) in [5.74, 6) is -0.0667. The molecule has 0 amide bonds. The van der Waals surface area contributed by atoms with Crippen LogP contribution in [0.25, 0.3) is 10.9 Å². The fraction of sp³-hybridized carbons (Fsp3) is 0.286. The molecule has 0 aliphatic carbocycles. The van der Waals surface area contributed by atoms with Gasteiger partial charge in [0.25, 0.3) is 0 Å². The zero-order chi connectivity index (χ0) is 18.1. The van der Waals surface area contributed by atoms with Gasteiger partial charge in [0.1, 0.15) is 5.82 Å². The number of para-hydroxylation sites is 1. The van der Waals surface area contributed by atoms with E-state index >= 15 is 0 Å². The van der Waals surface area contributed by atoms with Crippen LogP contribution in [0.4, 0.5) is 10.1 Å². The molecular weight excluding hydrogens is 329 g/mol. The van der Waals surface area contributed by atoms with Gasteiger partial charge in [0, 0.05) is 54.5 Å². The number of piperazine rings is 1. The van der Waals surface area contributed by atoms with Crippen LogP contribution in [0.1, 0.15) is 17.3 Å². The minimum absolute atomic E-state index is 0.151. The molecule has 0 bridgehead atoms. The van der Waals surface area contributed by atoms with Crippen LogP contribution < -0.4 is 4.90 Å². The van der Waals surface area contributed by atoms with E-state index in [2.05, 4.69) is 14.8 Å². The number of fused-ring (bicyclic) bond motifs is 1. The summed E-state index contributed by atoms with van der Waals surface area (Å²) in [4.78, 5) is 20.6. The van der Waals surface area contributed by atoms with E-state index in [1.54, 1.807) is 0 Å². The van der Waals surface area contributed by atoms with Crippen LogP contribution >= 0.6 is 0 Å². The Hall–Kier alpha value is -2.66. The summed E-state index contributed by atoms with van der Waals surface area (Å²) < 4.78 is 13.1. The van der Waals surface area contributed by atoms with Gasteiger partial charge in [-0.1, -0.05) is 18.2 Å². The van der Waals surface area contributed by atoms with Crippen molar-refractivity contribution in [3.05, 3.63) is 66.1 Å². The van der Waals surface area contributed by atoms with E-state index in [4.69, 9.17) is 0 Å². The quantitative estimate of drug-likeness (QED) is 0.729. The third-order valence-electron chi connectivity index (χ3n) is 5.29. The number of aromatic nitrogens is 1. The molecule has 2 aromatic carbocycles. The lowest BCUT2D eigenvalue weighted by molar-refractivity contribution is 0.0831. The monoisotopic (exact) mass is 351 g/mol. The molecule has 2 heterocycles. The molecule has 1 aliphatic heterocycles. The molecule has 1 fully saturated rings. The average Bonchev–Trinajstić information content (AvgIpc) is 3.12. The Labute approximate surface area is 152 Å². The smallest absolute Gasteiger partial charge is 0.181 e. The number of nitrogens with one attached hydrogen (secondary N) is 1.